The fourth-order valence-corrected chi connectivity index (χ4v) is 2.06. The first-order valence-corrected chi connectivity index (χ1v) is 7.05. The number of carbonyl (C=O) groups excluding carboxylic acids is 1. The second-order valence-electron chi connectivity index (χ2n) is 5.09. The lowest BCUT2D eigenvalue weighted by atomic mass is 10.2. The van der Waals surface area contributed by atoms with Crippen molar-refractivity contribution in [3.63, 3.8) is 0 Å². The summed E-state index contributed by atoms with van der Waals surface area (Å²) in [7, 11) is 1.64. The number of methoxy groups -OCH3 is 1. The summed E-state index contributed by atoms with van der Waals surface area (Å²) in [4.78, 5) is 14.4. The first kappa shape index (κ1) is 16.7. The van der Waals surface area contributed by atoms with Gasteiger partial charge in [-0.2, -0.15) is 5.10 Å². The van der Waals surface area contributed by atoms with Crippen LogP contribution in [0.5, 0.6) is 0 Å². The van der Waals surface area contributed by atoms with Gasteiger partial charge in [-0.05, 0) is 33.7 Å². The van der Waals surface area contributed by atoms with Gasteiger partial charge >= 0.3 is 0 Å². The molecular weight excluding hydrogens is 256 g/mol. The summed E-state index contributed by atoms with van der Waals surface area (Å²) in [6.07, 6.45) is 2.50. The summed E-state index contributed by atoms with van der Waals surface area (Å²) in [6, 6.07) is 0.129. The number of hydrogen-bond acceptors (Lipinski definition) is 4. The van der Waals surface area contributed by atoms with Crippen LogP contribution in [0.1, 0.15) is 36.3 Å². The van der Waals surface area contributed by atoms with Crippen LogP contribution in [0.15, 0.2) is 6.20 Å². The van der Waals surface area contributed by atoms with Crippen molar-refractivity contribution in [2.75, 3.05) is 26.8 Å². The third-order valence-electron chi connectivity index (χ3n) is 3.33. The van der Waals surface area contributed by atoms with Gasteiger partial charge in [0.15, 0.2) is 0 Å². The monoisotopic (exact) mass is 282 g/mol. The summed E-state index contributed by atoms with van der Waals surface area (Å²) in [5.74, 6) is 0.00792. The molecule has 6 heteroatoms. The molecule has 20 heavy (non-hydrogen) atoms. The third kappa shape index (κ3) is 4.05. The Labute approximate surface area is 120 Å². The third-order valence-corrected chi connectivity index (χ3v) is 3.33. The molecule has 0 aliphatic rings. The van der Waals surface area contributed by atoms with Gasteiger partial charge in [-0.25, -0.2) is 0 Å². The maximum Gasteiger partial charge on any atom is 0.257 e. The highest BCUT2D eigenvalue weighted by Crippen LogP contribution is 2.13. The summed E-state index contributed by atoms with van der Waals surface area (Å²) in [5.41, 5.74) is 7.06. The molecule has 0 fully saturated rings. The normalized spacial score (nSPS) is 11.1. The smallest absolute Gasteiger partial charge is 0.257 e. The number of amides is 1. The van der Waals surface area contributed by atoms with Gasteiger partial charge in [0.1, 0.15) is 0 Å². The van der Waals surface area contributed by atoms with Gasteiger partial charge in [-0.3, -0.25) is 9.48 Å². The molecule has 0 unspecified atom stereocenters. The van der Waals surface area contributed by atoms with E-state index in [0.29, 0.717) is 25.3 Å². The second kappa shape index (κ2) is 8.01. The zero-order valence-electron chi connectivity index (χ0n) is 12.9. The van der Waals surface area contributed by atoms with Crippen LogP contribution in [0.3, 0.4) is 0 Å². The predicted octanol–water partition coefficient (Wildman–Crippen LogP) is 1.04. The maximum absolute atomic E-state index is 12.6. The molecule has 0 aliphatic carbocycles. The van der Waals surface area contributed by atoms with E-state index >= 15 is 0 Å². The molecule has 0 spiro atoms. The van der Waals surface area contributed by atoms with Gasteiger partial charge in [0.2, 0.25) is 0 Å². The fraction of sp³-hybridized carbons (Fsp3) is 0.714. The number of carbonyl (C=O) groups is 1. The van der Waals surface area contributed by atoms with Crippen LogP contribution in [0.2, 0.25) is 0 Å². The summed E-state index contributed by atoms with van der Waals surface area (Å²) in [5, 5.41) is 4.28. The Morgan fingerprint density at radius 3 is 2.80 bits per heavy atom. The molecule has 1 rings (SSSR count). The first-order valence-electron chi connectivity index (χ1n) is 7.05. The van der Waals surface area contributed by atoms with Gasteiger partial charge in [0.25, 0.3) is 5.91 Å². The Kier molecular flexibility index (Phi) is 6.67. The van der Waals surface area contributed by atoms with Crippen LogP contribution < -0.4 is 5.73 Å². The van der Waals surface area contributed by atoms with Crippen molar-refractivity contribution >= 4 is 5.91 Å². The Bertz CT molecular complexity index is 429. The lowest BCUT2D eigenvalue weighted by molar-refractivity contribution is 0.0634. The zero-order valence-corrected chi connectivity index (χ0v) is 12.9. The molecule has 0 radical (unpaired) electrons. The highest BCUT2D eigenvalue weighted by atomic mass is 16.5. The number of aromatic nitrogens is 2. The molecule has 0 bridgehead atoms. The van der Waals surface area contributed by atoms with Crippen LogP contribution in [0, 0.1) is 6.92 Å². The molecule has 0 aromatic carbocycles. The Balaban J connectivity index is 2.86. The fourth-order valence-electron chi connectivity index (χ4n) is 2.06. The van der Waals surface area contributed by atoms with Crippen LogP contribution in [0.25, 0.3) is 0 Å². The summed E-state index contributed by atoms with van der Waals surface area (Å²) < 4.78 is 6.91. The highest BCUT2D eigenvalue weighted by molar-refractivity contribution is 5.95. The van der Waals surface area contributed by atoms with Crippen LogP contribution >= 0.6 is 0 Å². The number of aryl methyl sites for hydroxylation is 1. The van der Waals surface area contributed by atoms with E-state index in [0.717, 1.165) is 18.7 Å². The maximum atomic E-state index is 12.6. The lowest BCUT2D eigenvalue weighted by Gasteiger charge is -2.26. The largest absolute Gasteiger partial charge is 0.383 e. The molecule has 1 amide bonds. The predicted molar refractivity (Wildman–Crippen MR) is 78.7 cm³/mol. The van der Waals surface area contributed by atoms with E-state index in [-0.39, 0.29) is 11.9 Å². The SMILES string of the molecule is COCCN(C(=O)c1cnn(CCCN)c1C)C(C)C. The van der Waals surface area contributed by atoms with E-state index in [4.69, 9.17) is 10.5 Å². The number of ether oxygens (including phenoxy) is 1. The van der Waals surface area contributed by atoms with Gasteiger partial charge in [0.05, 0.1) is 18.4 Å². The highest BCUT2D eigenvalue weighted by Gasteiger charge is 2.22. The minimum absolute atomic E-state index is 0.00792. The van der Waals surface area contributed by atoms with E-state index in [9.17, 15) is 4.79 Å². The minimum Gasteiger partial charge on any atom is -0.383 e. The van der Waals surface area contributed by atoms with Gasteiger partial charge < -0.3 is 15.4 Å². The van der Waals surface area contributed by atoms with E-state index in [1.54, 1.807) is 18.2 Å². The first-order chi connectivity index (χ1) is 9.52. The minimum atomic E-state index is 0.00792. The molecule has 1 aromatic rings. The van der Waals surface area contributed by atoms with Crippen molar-refractivity contribution in [1.82, 2.24) is 14.7 Å². The van der Waals surface area contributed by atoms with Crippen molar-refractivity contribution in [3.05, 3.63) is 17.5 Å². The molecule has 0 aliphatic heterocycles. The zero-order chi connectivity index (χ0) is 15.1. The van der Waals surface area contributed by atoms with E-state index in [1.165, 1.54) is 0 Å². The average Bonchev–Trinajstić information content (AvgIpc) is 2.77. The molecule has 1 aromatic heterocycles. The molecule has 0 saturated heterocycles. The quantitative estimate of drug-likeness (QED) is 0.773. The van der Waals surface area contributed by atoms with Crippen LogP contribution in [-0.4, -0.2) is 53.4 Å². The standard InChI is InChI=1S/C14H26N4O2/c1-11(2)17(8-9-20-4)14(19)13-10-16-18(12(13)3)7-5-6-15/h10-11H,5-9,15H2,1-4H3. The molecule has 2 N–H and O–H groups in total. The Hall–Kier alpha value is -1.40. The molecule has 0 atom stereocenters. The van der Waals surface area contributed by atoms with Crippen molar-refractivity contribution < 1.29 is 9.53 Å². The lowest BCUT2D eigenvalue weighted by Crippen LogP contribution is -2.39. The summed E-state index contributed by atoms with van der Waals surface area (Å²) in [6.45, 7) is 8.41. The number of nitrogens with zero attached hydrogens (tertiary/aromatic N) is 3. The van der Waals surface area contributed by atoms with E-state index < -0.39 is 0 Å². The van der Waals surface area contributed by atoms with Crippen molar-refractivity contribution in [2.24, 2.45) is 5.73 Å². The number of hydrogen-bond donors (Lipinski definition) is 1. The molecular formula is C14H26N4O2. The van der Waals surface area contributed by atoms with Gasteiger partial charge in [-0.15, -0.1) is 0 Å². The Morgan fingerprint density at radius 1 is 1.55 bits per heavy atom. The van der Waals surface area contributed by atoms with Gasteiger partial charge in [-0.1, -0.05) is 0 Å². The molecule has 6 nitrogen and oxygen atoms in total. The van der Waals surface area contributed by atoms with E-state index in [1.807, 2.05) is 25.5 Å². The Morgan fingerprint density at radius 2 is 2.25 bits per heavy atom. The number of rotatable bonds is 8. The van der Waals surface area contributed by atoms with Crippen LogP contribution in [0.4, 0.5) is 0 Å². The van der Waals surface area contributed by atoms with Crippen molar-refractivity contribution in [2.45, 2.75) is 39.8 Å². The van der Waals surface area contributed by atoms with Crippen LogP contribution in [-0.2, 0) is 11.3 Å². The van der Waals surface area contributed by atoms with E-state index in [2.05, 4.69) is 5.10 Å². The second-order valence-corrected chi connectivity index (χ2v) is 5.09. The molecule has 1 heterocycles. The van der Waals surface area contributed by atoms with Crippen molar-refractivity contribution in [1.29, 1.82) is 0 Å². The molecule has 114 valence electrons. The average molecular weight is 282 g/mol. The number of nitrogens with two attached hydrogens (primary N) is 1. The molecule has 0 saturated carbocycles. The summed E-state index contributed by atoms with van der Waals surface area (Å²) >= 11 is 0. The van der Waals surface area contributed by atoms with Gasteiger partial charge in [0, 0.05) is 31.9 Å². The van der Waals surface area contributed by atoms with Crippen molar-refractivity contribution in [3.8, 4) is 0 Å². The topological polar surface area (TPSA) is 73.4 Å².